The van der Waals surface area contributed by atoms with Gasteiger partial charge < -0.3 is 21.1 Å². The number of aliphatic hydroxyl groups is 1. The molecule has 2 aromatic heterocycles. The number of nitrogen functional groups attached to an aromatic ring is 1. The predicted octanol–water partition coefficient (Wildman–Crippen LogP) is 0.0151. The van der Waals surface area contributed by atoms with Crippen molar-refractivity contribution in [3.05, 3.63) is 24.3 Å². The number of nitrogens with two attached hydrogens (primary N) is 1. The number of aliphatic hydroxyl groups excluding tert-OH is 1. The topological polar surface area (TPSA) is 116 Å². The third-order valence-electron chi connectivity index (χ3n) is 3.85. The first-order valence-electron chi connectivity index (χ1n) is 7.92. The highest BCUT2D eigenvalue weighted by atomic mass is 16.3. The summed E-state index contributed by atoms with van der Waals surface area (Å²) in [5.74, 6) is 2.66. The molecule has 9 nitrogen and oxygen atoms in total. The lowest BCUT2D eigenvalue weighted by molar-refractivity contribution is 0.188. The number of anilines is 4. The summed E-state index contributed by atoms with van der Waals surface area (Å²) in [6, 6.07) is 1.90. The number of nitrogens with one attached hydrogen (secondary N) is 1. The second-order valence-electron chi connectivity index (χ2n) is 5.68. The highest BCUT2D eigenvalue weighted by Gasteiger charge is 2.18. The van der Waals surface area contributed by atoms with Crippen molar-refractivity contribution in [2.24, 2.45) is 0 Å². The maximum absolute atomic E-state index is 9.03. The molecular formula is C15H22N8O. The Morgan fingerprint density at radius 3 is 2.54 bits per heavy atom. The SMILES string of the molecule is Cc1nc(Nc2ncc(N)cn2)cc(N2CCN(CCO)CC2)n1. The summed E-state index contributed by atoms with van der Waals surface area (Å²) in [5.41, 5.74) is 6.11. The lowest BCUT2D eigenvalue weighted by Crippen LogP contribution is -2.47. The number of piperazine rings is 1. The lowest BCUT2D eigenvalue weighted by atomic mass is 10.3. The van der Waals surface area contributed by atoms with Crippen LogP contribution in [0.4, 0.5) is 23.3 Å². The molecule has 0 radical (unpaired) electrons. The summed E-state index contributed by atoms with van der Waals surface area (Å²) in [4.78, 5) is 21.6. The molecule has 0 amide bonds. The van der Waals surface area contributed by atoms with Gasteiger partial charge in [0, 0.05) is 38.8 Å². The Kier molecular flexibility index (Phi) is 5.02. The third-order valence-corrected chi connectivity index (χ3v) is 3.85. The van der Waals surface area contributed by atoms with Crippen LogP contribution in [-0.4, -0.2) is 69.3 Å². The molecule has 128 valence electrons. The summed E-state index contributed by atoms with van der Waals surface area (Å²) in [7, 11) is 0. The van der Waals surface area contributed by atoms with E-state index in [1.807, 2.05) is 13.0 Å². The van der Waals surface area contributed by atoms with E-state index in [1.165, 1.54) is 0 Å². The smallest absolute Gasteiger partial charge is 0.228 e. The second kappa shape index (κ2) is 7.37. The van der Waals surface area contributed by atoms with Crippen molar-refractivity contribution in [1.82, 2.24) is 24.8 Å². The molecule has 0 bridgehead atoms. The van der Waals surface area contributed by atoms with Gasteiger partial charge in [-0.2, -0.15) is 0 Å². The van der Waals surface area contributed by atoms with Crippen molar-refractivity contribution < 1.29 is 5.11 Å². The van der Waals surface area contributed by atoms with Crippen molar-refractivity contribution in [2.45, 2.75) is 6.92 Å². The number of aryl methyl sites for hydroxylation is 1. The first kappa shape index (κ1) is 16.3. The molecule has 24 heavy (non-hydrogen) atoms. The maximum Gasteiger partial charge on any atom is 0.228 e. The summed E-state index contributed by atoms with van der Waals surface area (Å²) in [6.07, 6.45) is 3.09. The molecule has 0 unspecified atom stereocenters. The van der Waals surface area contributed by atoms with Crippen LogP contribution in [0, 0.1) is 6.92 Å². The highest BCUT2D eigenvalue weighted by Crippen LogP contribution is 2.19. The number of aromatic nitrogens is 4. The van der Waals surface area contributed by atoms with Crippen LogP contribution in [0.5, 0.6) is 0 Å². The molecule has 0 spiro atoms. The molecule has 2 aromatic rings. The summed E-state index contributed by atoms with van der Waals surface area (Å²) in [5, 5.41) is 12.1. The van der Waals surface area contributed by atoms with E-state index in [9.17, 15) is 0 Å². The summed E-state index contributed by atoms with van der Waals surface area (Å²) in [6.45, 7) is 6.34. The number of hydrogen-bond donors (Lipinski definition) is 3. The first-order valence-corrected chi connectivity index (χ1v) is 7.92. The van der Waals surface area contributed by atoms with E-state index in [0.29, 0.717) is 23.3 Å². The second-order valence-corrected chi connectivity index (χ2v) is 5.68. The molecule has 1 aliphatic heterocycles. The minimum Gasteiger partial charge on any atom is -0.396 e. The fourth-order valence-corrected chi connectivity index (χ4v) is 2.64. The van der Waals surface area contributed by atoms with E-state index in [1.54, 1.807) is 12.4 Å². The molecule has 0 aliphatic carbocycles. The van der Waals surface area contributed by atoms with Crippen molar-refractivity contribution in [1.29, 1.82) is 0 Å². The lowest BCUT2D eigenvalue weighted by Gasteiger charge is -2.35. The minimum atomic E-state index is 0.197. The molecule has 3 heterocycles. The summed E-state index contributed by atoms with van der Waals surface area (Å²) < 4.78 is 0. The van der Waals surface area contributed by atoms with Crippen LogP contribution >= 0.6 is 0 Å². The van der Waals surface area contributed by atoms with Crippen LogP contribution in [0.15, 0.2) is 18.5 Å². The zero-order valence-corrected chi connectivity index (χ0v) is 13.7. The zero-order valence-electron chi connectivity index (χ0n) is 13.7. The molecule has 4 N–H and O–H groups in total. The Morgan fingerprint density at radius 2 is 1.88 bits per heavy atom. The zero-order chi connectivity index (χ0) is 16.9. The minimum absolute atomic E-state index is 0.197. The van der Waals surface area contributed by atoms with E-state index in [-0.39, 0.29) is 6.61 Å². The number of β-amino-alcohol motifs (C(OH)–C–C–N with tert-alkyl or cyclic N) is 1. The van der Waals surface area contributed by atoms with Gasteiger partial charge in [0.05, 0.1) is 24.7 Å². The third kappa shape index (κ3) is 4.06. The van der Waals surface area contributed by atoms with Gasteiger partial charge in [-0.1, -0.05) is 0 Å². The molecule has 9 heteroatoms. The van der Waals surface area contributed by atoms with Gasteiger partial charge in [-0.3, -0.25) is 4.90 Å². The van der Waals surface area contributed by atoms with Gasteiger partial charge in [-0.05, 0) is 6.92 Å². The monoisotopic (exact) mass is 330 g/mol. The largest absolute Gasteiger partial charge is 0.396 e. The Morgan fingerprint density at radius 1 is 1.17 bits per heavy atom. The normalized spacial score (nSPS) is 15.5. The van der Waals surface area contributed by atoms with Crippen molar-refractivity contribution in [3.8, 4) is 0 Å². The van der Waals surface area contributed by atoms with Crippen LogP contribution in [0.1, 0.15) is 5.82 Å². The van der Waals surface area contributed by atoms with Crippen LogP contribution in [0.25, 0.3) is 0 Å². The van der Waals surface area contributed by atoms with Gasteiger partial charge in [0.25, 0.3) is 0 Å². The fourth-order valence-electron chi connectivity index (χ4n) is 2.64. The highest BCUT2D eigenvalue weighted by molar-refractivity contribution is 5.55. The van der Waals surface area contributed by atoms with Gasteiger partial charge in [0.15, 0.2) is 0 Å². The van der Waals surface area contributed by atoms with Crippen LogP contribution < -0.4 is 16.0 Å². The van der Waals surface area contributed by atoms with E-state index >= 15 is 0 Å². The fraction of sp³-hybridized carbons (Fsp3) is 0.467. The van der Waals surface area contributed by atoms with Gasteiger partial charge in [-0.25, -0.2) is 19.9 Å². The van der Waals surface area contributed by atoms with E-state index in [2.05, 4.69) is 35.1 Å². The van der Waals surface area contributed by atoms with Gasteiger partial charge in [-0.15, -0.1) is 0 Å². The van der Waals surface area contributed by atoms with Crippen molar-refractivity contribution in [2.75, 3.05) is 55.3 Å². The van der Waals surface area contributed by atoms with E-state index in [4.69, 9.17) is 10.8 Å². The standard InChI is InChI=1S/C15H22N8O/c1-11-19-13(21-15-17-9-12(16)10-18-15)8-14(20-11)23-4-2-22(3-5-23)6-7-24/h8-10,24H,2-7,16H2,1H3,(H,17,18,19,20,21). The molecule has 0 atom stereocenters. The molecule has 0 saturated carbocycles. The van der Waals surface area contributed by atoms with Gasteiger partial charge >= 0.3 is 0 Å². The van der Waals surface area contributed by atoms with Gasteiger partial charge in [0.1, 0.15) is 17.5 Å². The predicted molar refractivity (Wildman–Crippen MR) is 92.2 cm³/mol. The maximum atomic E-state index is 9.03. The number of rotatable bonds is 5. The quantitative estimate of drug-likeness (QED) is 0.697. The molecule has 1 fully saturated rings. The van der Waals surface area contributed by atoms with Crippen LogP contribution in [0.3, 0.4) is 0 Å². The molecular weight excluding hydrogens is 308 g/mol. The van der Waals surface area contributed by atoms with Gasteiger partial charge in [0.2, 0.25) is 5.95 Å². The molecule has 0 aromatic carbocycles. The van der Waals surface area contributed by atoms with E-state index < -0.39 is 0 Å². The van der Waals surface area contributed by atoms with Crippen molar-refractivity contribution >= 4 is 23.3 Å². The average Bonchev–Trinajstić information content (AvgIpc) is 2.57. The Bertz CT molecular complexity index is 670. The molecule has 3 rings (SSSR count). The van der Waals surface area contributed by atoms with E-state index in [0.717, 1.165) is 38.5 Å². The van der Waals surface area contributed by atoms with Crippen LogP contribution in [-0.2, 0) is 0 Å². The average molecular weight is 330 g/mol. The number of nitrogens with zero attached hydrogens (tertiary/aromatic N) is 6. The van der Waals surface area contributed by atoms with Crippen molar-refractivity contribution in [3.63, 3.8) is 0 Å². The number of hydrogen-bond acceptors (Lipinski definition) is 9. The summed E-state index contributed by atoms with van der Waals surface area (Å²) >= 11 is 0. The Labute approximate surface area is 140 Å². The first-order chi connectivity index (χ1) is 11.6. The Balaban J connectivity index is 1.71. The molecule has 1 saturated heterocycles. The Hall–Kier alpha value is -2.52. The van der Waals surface area contributed by atoms with Crippen LogP contribution in [0.2, 0.25) is 0 Å². The molecule has 1 aliphatic rings.